The highest BCUT2D eigenvalue weighted by Crippen LogP contribution is 2.37. The summed E-state index contributed by atoms with van der Waals surface area (Å²) in [5.41, 5.74) is 1.86. The lowest BCUT2D eigenvalue weighted by atomic mass is 9.95. The van der Waals surface area contributed by atoms with Crippen LogP contribution in [0, 0.1) is 6.92 Å². The van der Waals surface area contributed by atoms with Crippen LogP contribution in [-0.4, -0.2) is 65.1 Å². The molecule has 2 amide bonds. The SMILES string of the molecule is COc1ccc(S(=O)(=O)N(CC(=O)N(Cc2cccc(C)c2)[C@H](C)C(=O)NC2CCCCC2)c2cc(Cl)ccc2OC)cc1OC. The number of nitrogens with one attached hydrogen (secondary N) is 1. The van der Waals surface area contributed by atoms with Gasteiger partial charge in [-0.25, -0.2) is 8.42 Å². The first-order chi connectivity index (χ1) is 22.0. The van der Waals surface area contributed by atoms with E-state index in [4.69, 9.17) is 25.8 Å². The van der Waals surface area contributed by atoms with Crippen molar-refractivity contribution in [3.8, 4) is 17.2 Å². The van der Waals surface area contributed by atoms with Crippen LogP contribution in [0.3, 0.4) is 0 Å². The van der Waals surface area contributed by atoms with Gasteiger partial charge >= 0.3 is 0 Å². The molecular formula is C34H42ClN3O7S. The molecule has 1 N–H and O–H groups in total. The summed E-state index contributed by atoms with van der Waals surface area (Å²) in [6, 6.07) is 15.5. The van der Waals surface area contributed by atoms with Crippen molar-refractivity contribution < 1.29 is 32.2 Å². The number of rotatable bonds is 13. The molecule has 0 unspecified atom stereocenters. The van der Waals surface area contributed by atoms with Crippen LogP contribution in [0.25, 0.3) is 0 Å². The average molecular weight is 672 g/mol. The maximum absolute atomic E-state index is 14.4. The van der Waals surface area contributed by atoms with Gasteiger partial charge in [-0.15, -0.1) is 0 Å². The van der Waals surface area contributed by atoms with E-state index in [2.05, 4.69) is 5.32 Å². The molecule has 1 aliphatic carbocycles. The fourth-order valence-corrected chi connectivity index (χ4v) is 7.23. The van der Waals surface area contributed by atoms with Gasteiger partial charge in [0.15, 0.2) is 11.5 Å². The molecule has 1 saturated carbocycles. The number of hydrogen-bond donors (Lipinski definition) is 1. The summed E-state index contributed by atoms with van der Waals surface area (Å²) in [5, 5.41) is 3.36. The number of hydrogen-bond acceptors (Lipinski definition) is 7. The van der Waals surface area contributed by atoms with E-state index in [9.17, 15) is 18.0 Å². The van der Waals surface area contributed by atoms with Gasteiger partial charge in [0.05, 0.1) is 31.9 Å². The summed E-state index contributed by atoms with van der Waals surface area (Å²) < 4.78 is 45.9. The van der Waals surface area contributed by atoms with E-state index in [1.807, 2.05) is 31.2 Å². The van der Waals surface area contributed by atoms with Crippen molar-refractivity contribution in [2.24, 2.45) is 0 Å². The fraction of sp³-hybridized carbons (Fsp3) is 0.412. The summed E-state index contributed by atoms with van der Waals surface area (Å²) in [7, 11) is -0.179. The molecule has 248 valence electrons. The van der Waals surface area contributed by atoms with Gasteiger partial charge in [0.25, 0.3) is 10.0 Å². The molecule has 3 aromatic carbocycles. The first-order valence-corrected chi connectivity index (χ1v) is 17.0. The second kappa shape index (κ2) is 15.6. The lowest BCUT2D eigenvalue weighted by Crippen LogP contribution is -2.53. The fourth-order valence-electron chi connectivity index (χ4n) is 5.63. The number of nitrogens with zero attached hydrogens (tertiary/aromatic N) is 2. The first kappa shape index (κ1) is 34.9. The molecule has 0 spiro atoms. The monoisotopic (exact) mass is 671 g/mol. The molecule has 1 atom stereocenters. The Morgan fingerprint density at radius 3 is 2.24 bits per heavy atom. The highest BCUT2D eigenvalue weighted by atomic mass is 35.5. The number of halogens is 1. The molecule has 0 heterocycles. The van der Waals surface area contributed by atoms with Gasteiger partial charge < -0.3 is 24.4 Å². The lowest BCUT2D eigenvalue weighted by Gasteiger charge is -2.33. The molecule has 0 radical (unpaired) electrons. The third-order valence-electron chi connectivity index (χ3n) is 8.19. The Balaban J connectivity index is 1.77. The van der Waals surface area contributed by atoms with E-state index in [1.54, 1.807) is 13.0 Å². The Hall–Kier alpha value is -3.96. The normalized spacial score (nSPS) is 14.2. The Morgan fingerprint density at radius 1 is 0.913 bits per heavy atom. The van der Waals surface area contributed by atoms with Gasteiger partial charge in [-0.1, -0.05) is 60.7 Å². The van der Waals surface area contributed by atoms with Crippen LogP contribution in [0.15, 0.2) is 65.6 Å². The maximum atomic E-state index is 14.4. The molecule has 1 fully saturated rings. The predicted octanol–water partition coefficient (Wildman–Crippen LogP) is 5.74. The molecule has 0 aromatic heterocycles. The smallest absolute Gasteiger partial charge is 0.265 e. The highest BCUT2D eigenvalue weighted by Gasteiger charge is 2.35. The van der Waals surface area contributed by atoms with Crippen LogP contribution in [0.1, 0.15) is 50.2 Å². The largest absolute Gasteiger partial charge is 0.495 e. The number of carbonyl (C=O) groups is 2. The molecular weight excluding hydrogens is 630 g/mol. The van der Waals surface area contributed by atoms with Crippen molar-refractivity contribution in [2.45, 2.75) is 69.5 Å². The van der Waals surface area contributed by atoms with Crippen molar-refractivity contribution in [3.05, 3.63) is 76.8 Å². The van der Waals surface area contributed by atoms with E-state index in [-0.39, 0.29) is 45.6 Å². The Bertz CT molecular complexity index is 1640. The zero-order valence-electron chi connectivity index (χ0n) is 26.9. The summed E-state index contributed by atoms with van der Waals surface area (Å²) >= 11 is 6.35. The third-order valence-corrected chi connectivity index (χ3v) is 10.2. The van der Waals surface area contributed by atoms with Crippen LogP contribution in [0.2, 0.25) is 5.02 Å². The van der Waals surface area contributed by atoms with Gasteiger partial charge in [-0.3, -0.25) is 13.9 Å². The molecule has 0 saturated heterocycles. The number of anilines is 1. The van der Waals surface area contributed by atoms with Crippen LogP contribution in [-0.2, 0) is 26.2 Å². The number of carbonyl (C=O) groups excluding carboxylic acids is 2. The minimum Gasteiger partial charge on any atom is -0.495 e. The summed E-state index contributed by atoms with van der Waals surface area (Å²) in [6.07, 6.45) is 4.98. The summed E-state index contributed by atoms with van der Waals surface area (Å²) in [4.78, 5) is 29.2. The second-order valence-electron chi connectivity index (χ2n) is 11.4. The molecule has 0 bridgehead atoms. The number of methoxy groups -OCH3 is 3. The van der Waals surface area contributed by atoms with E-state index >= 15 is 0 Å². The Labute approximate surface area is 276 Å². The van der Waals surface area contributed by atoms with Gasteiger partial charge in [0, 0.05) is 23.7 Å². The van der Waals surface area contributed by atoms with E-state index in [0.29, 0.717) is 5.75 Å². The van der Waals surface area contributed by atoms with Crippen LogP contribution < -0.4 is 23.8 Å². The third kappa shape index (κ3) is 8.24. The number of aryl methyl sites for hydroxylation is 1. The standard InChI is InChI=1S/C34H42ClN3O7S/c1-23-10-9-11-25(18-23)21-37(24(2)34(40)36-27-12-7-6-8-13-27)33(39)22-38(29-19-26(35)14-16-30(29)43-3)46(41,42)28-15-17-31(44-4)32(20-28)45-5/h9-11,14-20,24,27H,6-8,12-13,21-22H2,1-5H3,(H,36,40)/t24-/m1/s1. The minimum absolute atomic E-state index is 0.0391. The number of sulfonamides is 1. The van der Waals surface area contributed by atoms with Gasteiger partial charge in [0.2, 0.25) is 11.8 Å². The quantitative estimate of drug-likeness (QED) is 0.247. The summed E-state index contributed by atoms with van der Waals surface area (Å²) in [6.45, 7) is 3.06. The highest BCUT2D eigenvalue weighted by molar-refractivity contribution is 7.92. The molecule has 4 rings (SSSR count). The zero-order valence-corrected chi connectivity index (χ0v) is 28.5. The minimum atomic E-state index is -4.43. The van der Waals surface area contributed by atoms with Crippen molar-refractivity contribution in [2.75, 3.05) is 32.2 Å². The van der Waals surface area contributed by atoms with Gasteiger partial charge in [-0.05, 0) is 62.6 Å². The second-order valence-corrected chi connectivity index (χ2v) is 13.7. The number of amides is 2. The van der Waals surface area contributed by atoms with Crippen LogP contribution in [0.5, 0.6) is 17.2 Å². The summed E-state index contributed by atoms with van der Waals surface area (Å²) in [5.74, 6) is -0.149. The van der Waals surface area contributed by atoms with E-state index in [0.717, 1.165) is 47.5 Å². The lowest BCUT2D eigenvalue weighted by molar-refractivity contribution is -0.139. The van der Waals surface area contributed by atoms with Crippen molar-refractivity contribution in [1.29, 1.82) is 0 Å². The van der Waals surface area contributed by atoms with Crippen molar-refractivity contribution >= 4 is 39.1 Å². The van der Waals surface area contributed by atoms with Crippen molar-refractivity contribution in [1.82, 2.24) is 10.2 Å². The zero-order chi connectivity index (χ0) is 33.4. The van der Waals surface area contributed by atoms with Gasteiger partial charge in [-0.2, -0.15) is 0 Å². The topological polar surface area (TPSA) is 114 Å². The maximum Gasteiger partial charge on any atom is 0.265 e. The number of ether oxygens (including phenoxy) is 3. The van der Waals surface area contributed by atoms with Crippen LogP contribution >= 0.6 is 11.6 Å². The average Bonchev–Trinajstić information content (AvgIpc) is 3.05. The molecule has 1 aliphatic rings. The molecule has 0 aliphatic heterocycles. The molecule has 12 heteroatoms. The predicted molar refractivity (Wildman–Crippen MR) is 178 cm³/mol. The van der Waals surface area contributed by atoms with E-state index < -0.39 is 28.5 Å². The first-order valence-electron chi connectivity index (χ1n) is 15.2. The Morgan fingerprint density at radius 2 is 1.59 bits per heavy atom. The van der Waals surface area contributed by atoms with Gasteiger partial charge in [0.1, 0.15) is 18.3 Å². The molecule has 10 nitrogen and oxygen atoms in total. The molecule has 3 aromatic rings. The molecule has 46 heavy (non-hydrogen) atoms. The van der Waals surface area contributed by atoms with E-state index in [1.165, 1.54) is 56.6 Å². The van der Waals surface area contributed by atoms with Crippen LogP contribution in [0.4, 0.5) is 5.69 Å². The Kier molecular flexibility index (Phi) is 11.8. The van der Waals surface area contributed by atoms with Crippen molar-refractivity contribution in [3.63, 3.8) is 0 Å². The number of benzene rings is 3.